The van der Waals surface area contributed by atoms with Gasteiger partial charge in [0.2, 0.25) is 0 Å². The van der Waals surface area contributed by atoms with Gasteiger partial charge in [-0.05, 0) is 29.8 Å². The summed E-state index contributed by atoms with van der Waals surface area (Å²) in [4.78, 5) is 0. The number of methoxy groups -OCH3 is 1. The molecule has 62 valence electrons. The highest BCUT2D eigenvalue weighted by Crippen LogP contribution is 2.26. The predicted molar refractivity (Wildman–Crippen MR) is 47.8 cm³/mol. The van der Waals surface area contributed by atoms with Crippen molar-refractivity contribution in [2.75, 3.05) is 7.11 Å². The van der Waals surface area contributed by atoms with Gasteiger partial charge in [-0.25, -0.2) is 0 Å². The summed E-state index contributed by atoms with van der Waals surface area (Å²) < 4.78 is 10.2. The number of halogens is 1. The smallest absolute Gasteiger partial charge is 0.194 e. The van der Waals surface area contributed by atoms with Crippen LogP contribution in [0.1, 0.15) is 0 Å². The Labute approximate surface area is 74.7 Å². The zero-order valence-corrected chi connectivity index (χ0v) is 7.26. The molecular formula is C9H7ClO2. The van der Waals surface area contributed by atoms with Crippen molar-refractivity contribution < 1.29 is 9.15 Å². The minimum Gasteiger partial charge on any atom is -0.497 e. The molecule has 0 amide bonds. The first-order valence-corrected chi connectivity index (χ1v) is 3.90. The molecular weight excluding hydrogens is 176 g/mol. The summed E-state index contributed by atoms with van der Waals surface area (Å²) in [5, 5.41) is 1.36. The minimum absolute atomic E-state index is 0.401. The number of rotatable bonds is 1. The molecule has 0 unspecified atom stereocenters. The van der Waals surface area contributed by atoms with Gasteiger partial charge in [0.25, 0.3) is 0 Å². The van der Waals surface area contributed by atoms with Crippen molar-refractivity contribution in [1.82, 2.24) is 0 Å². The third-order valence-electron chi connectivity index (χ3n) is 1.69. The molecule has 0 saturated carbocycles. The lowest BCUT2D eigenvalue weighted by Gasteiger charge is -1.96. The van der Waals surface area contributed by atoms with Crippen LogP contribution in [0.5, 0.6) is 5.75 Å². The van der Waals surface area contributed by atoms with Crippen LogP contribution in [0.15, 0.2) is 28.7 Å². The number of ether oxygens (including phenoxy) is 1. The van der Waals surface area contributed by atoms with E-state index < -0.39 is 0 Å². The molecule has 0 atom stereocenters. The van der Waals surface area contributed by atoms with Crippen LogP contribution < -0.4 is 4.74 Å². The van der Waals surface area contributed by atoms with Gasteiger partial charge in [-0.1, -0.05) is 0 Å². The van der Waals surface area contributed by atoms with Crippen molar-refractivity contribution in [2.24, 2.45) is 0 Å². The zero-order valence-electron chi connectivity index (χ0n) is 6.50. The summed E-state index contributed by atoms with van der Waals surface area (Å²) in [7, 11) is 1.63. The highest BCUT2D eigenvalue weighted by atomic mass is 35.5. The maximum absolute atomic E-state index is 5.67. The average Bonchev–Trinajstić information content (AvgIpc) is 2.43. The fourth-order valence-corrected chi connectivity index (χ4v) is 1.32. The molecule has 2 rings (SSSR count). The molecule has 0 fully saturated rings. The van der Waals surface area contributed by atoms with E-state index in [1.807, 2.05) is 18.2 Å². The van der Waals surface area contributed by atoms with Crippen LogP contribution >= 0.6 is 11.6 Å². The third kappa shape index (κ3) is 1.14. The molecule has 0 aliphatic heterocycles. The van der Waals surface area contributed by atoms with E-state index in [2.05, 4.69) is 0 Å². The second-order valence-electron chi connectivity index (χ2n) is 2.45. The lowest BCUT2D eigenvalue weighted by molar-refractivity contribution is 0.415. The number of furan rings is 1. The Morgan fingerprint density at radius 3 is 2.92 bits per heavy atom. The second-order valence-corrected chi connectivity index (χ2v) is 2.83. The lowest BCUT2D eigenvalue weighted by atomic mass is 10.2. The highest BCUT2D eigenvalue weighted by molar-refractivity contribution is 6.29. The summed E-state index contributed by atoms with van der Waals surface area (Å²) in [5.41, 5.74) is 0.779. The summed E-state index contributed by atoms with van der Waals surface area (Å²) in [6.45, 7) is 0. The molecule has 1 aromatic carbocycles. The first-order chi connectivity index (χ1) is 5.79. The van der Waals surface area contributed by atoms with E-state index in [4.69, 9.17) is 20.8 Å². The Kier molecular flexibility index (Phi) is 1.70. The van der Waals surface area contributed by atoms with Crippen LogP contribution in [-0.2, 0) is 0 Å². The number of hydrogen-bond donors (Lipinski definition) is 0. The van der Waals surface area contributed by atoms with Crippen LogP contribution in [0, 0.1) is 0 Å². The first kappa shape index (κ1) is 7.50. The maximum atomic E-state index is 5.67. The van der Waals surface area contributed by atoms with E-state index in [0.29, 0.717) is 5.22 Å². The van der Waals surface area contributed by atoms with E-state index in [0.717, 1.165) is 16.7 Å². The van der Waals surface area contributed by atoms with E-state index in [1.165, 1.54) is 0 Å². The molecule has 1 aromatic heterocycles. The topological polar surface area (TPSA) is 22.4 Å². The molecule has 2 aromatic rings. The van der Waals surface area contributed by atoms with Crippen molar-refractivity contribution in [1.29, 1.82) is 0 Å². The summed E-state index contributed by atoms with van der Waals surface area (Å²) in [5.74, 6) is 0.806. The van der Waals surface area contributed by atoms with Gasteiger partial charge in [-0.15, -0.1) is 0 Å². The predicted octanol–water partition coefficient (Wildman–Crippen LogP) is 3.09. The summed E-state index contributed by atoms with van der Waals surface area (Å²) in [6, 6.07) is 7.31. The Hall–Kier alpha value is -1.15. The van der Waals surface area contributed by atoms with Gasteiger partial charge < -0.3 is 9.15 Å². The largest absolute Gasteiger partial charge is 0.497 e. The van der Waals surface area contributed by atoms with Crippen LogP contribution in [0.3, 0.4) is 0 Å². The molecule has 3 heteroatoms. The van der Waals surface area contributed by atoms with Gasteiger partial charge in [0.15, 0.2) is 5.22 Å². The fraction of sp³-hybridized carbons (Fsp3) is 0.111. The van der Waals surface area contributed by atoms with Crippen LogP contribution in [0.2, 0.25) is 5.22 Å². The van der Waals surface area contributed by atoms with Gasteiger partial charge in [0.05, 0.1) is 7.11 Å². The Bertz CT molecular complexity index is 406. The van der Waals surface area contributed by atoms with Crippen LogP contribution in [0.4, 0.5) is 0 Å². The zero-order chi connectivity index (χ0) is 8.55. The van der Waals surface area contributed by atoms with Crippen molar-refractivity contribution in [3.8, 4) is 5.75 Å². The minimum atomic E-state index is 0.401. The van der Waals surface area contributed by atoms with E-state index in [1.54, 1.807) is 13.2 Å². The van der Waals surface area contributed by atoms with Crippen molar-refractivity contribution >= 4 is 22.6 Å². The van der Waals surface area contributed by atoms with Crippen LogP contribution in [-0.4, -0.2) is 7.11 Å². The molecule has 0 saturated heterocycles. The number of hydrogen-bond acceptors (Lipinski definition) is 2. The summed E-state index contributed by atoms with van der Waals surface area (Å²) in [6.07, 6.45) is 0. The van der Waals surface area contributed by atoms with Gasteiger partial charge in [0.1, 0.15) is 11.3 Å². The Balaban J connectivity index is 2.66. The van der Waals surface area contributed by atoms with Gasteiger partial charge in [-0.3, -0.25) is 0 Å². The van der Waals surface area contributed by atoms with E-state index in [9.17, 15) is 0 Å². The molecule has 0 bridgehead atoms. The van der Waals surface area contributed by atoms with E-state index >= 15 is 0 Å². The third-order valence-corrected chi connectivity index (χ3v) is 1.88. The number of fused-ring (bicyclic) bond motifs is 1. The molecule has 0 spiro atoms. The Morgan fingerprint density at radius 2 is 2.17 bits per heavy atom. The molecule has 0 radical (unpaired) electrons. The SMILES string of the molecule is COc1ccc2oc(Cl)cc2c1. The molecule has 12 heavy (non-hydrogen) atoms. The molecule has 0 aliphatic rings. The van der Waals surface area contributed by atoms with Crippen LogP contribution in [0.25, 0.3) is 11.0 Å². The molecule has 1 heterocycles. The molecule has 0 aliphatic carbocycles. The van der Waals surface area contributed by atoms with Gasteiger partial charge >= 0.3 is 0 Å². The van der Waals surface area contributed by atoms with Gasteiger partial charge in [-0.2, -0.15) is 0 Å². The van der Waals surface area contributed by atoms with Crippen molar-refractivity contribution in [3.05, 3.63) is 29.5 Å². The normalized spacial score (nSPS) is 10.5. The van der Waals surface area contributed by atoms with Crippen molar-refractivity contribution in [3.63, 3.8) is 0 Å². The molecule has 2 nitrogen and oxygen atoms in total. The average molecular weight is 183 g/mol. The van der Waals surface area contributed by atoms with Crippen molar-refractivity contribution in [2.45, 2.75) is 0 Å². The fourth-order valence-electron chi connectivity index (χ4n) is 1.12. The summed E-state index contributed by atoms with van der Waals surface area (Å²) >= 11 is 5.67. The quantitative estimate of drug-likeness (QED) is 0.676. The maximum Gasteiger partial charge on any atom is 0.194 e. The lowest BCUT2D eigenvalue weighted by Crippen LogP contribution is -1.79. The Morgan fingerprint density at radius 1 is 1.33 bits per heavy atom. The van der Waals surface area contributed by atoms with Gasteiger partial charge in [0, 0.05) is 11.5 Å². The monoisotopic (exact) mass is 182 g/mol. The highest BCUT2D eigenvalue weighted by Gasteiger charge is 2.01. The van der Waals surface area contributed by atoms with E-state index in [-0.39, 0.29) is 0 Å². The molecule has 0 N–H and O–H groups in total. The second kappa shape index (κ2) is 2.72. The first-order valence-electron chi connectivity index (χ1n) is 3.52. The standard InChI is InChI=1S/C9H7ClO2/c1-11-7-2-3-8-6(4-7)5-9(10)12-8/h2-5H,1H3. The number of benzene rings is 1.